The number of nitrogens with two attached hydrogens (primary N) is 2. The first-order valence-corrected chi connectivity index (χ1v) is 4.08. The third-order valence-corrected chi connectivity index (χ3v) is 1.72. The van der Waals surface area contributed by atoms with Gasteiger partial charge in [0.15, 0.2) is 0 Å². The van der Waals surface area contributed by atoms with Crippen molar-refractivity contribution in [2.75, 3.05) is 5.32 Å². The summed E-state index contributed by atoms with van der Waals surface area (Å²) in [5, 5.41) is 2.23. The van der Waals surface area contributed by atoms with Gasteiger partial charge >= 0.3 is 6.03 Å². The van der Waals surface area contributed by atoms with E-state index in [1.54, 1.807) is 0 Å². The van der Waals surface area contributed by atoms with Gasteiger partial charge in [-0.25, -0.2) is 9.18 Å². The van der Waals surface area contributed by atoms with E-state index in [1.165, 1.54) is 18.2 Å². The number of hydrogen-bond acceptors (Lipinski definition) is 2. The molecule has 0 saturated heterocycles. The minimum Gasteiger partial charge on any atom is -0.389 e. The molecule has 0 saturated carbocycles. The Morgan fingerprint density at radius 3 is 2.57 bits per heavy atom. The lowest BCUT2D eigenvalue weighted by atomic mass is 10.1. The number of nitrogens with one attached hydrogen (secondary N) is 1. The Morgan fingerprint density at radius 1 is 1.43 bits per heavy atom. The number of primary amides is 1. The Labute approximate surface area is 85.1 Å². The fourth-order valence-electron chi connectivity index (χ4n) is 1.01. The van der Waals surface area contributed by atoms with E-state index in [9.17, 15) is 9.18 Å². The maximum Gasteiger partial charge on any atom is 0.316 e. The number of urea groups is 1. The summed E-state index contributed by atoms with van der Waals surface area (Å²) in [7, 11) is 0. The van der Waals surface area contributed by atoms with Gasteiger partial charge in [-0.15, -0.1) is 0 Å². The molecule has 0 aliphatic carbocycles. The predicted molar refractivity (Wildman–Crippen MR) is 55.5 cm³/mol. The van der Waals surface area contributed by atoms with Gasteiger partial charge in [0.2, 0.25) is 0 Å². The van der Waals surface area contributed by atoms with E-state index in [0.717, 1.165) is 0 Å². The van der Waals surface area contributed by atoms with Gasteiger partial charge in [-0.3, -0.25) is 0 Å². The Morgan fingerprint density at radius 2 is 2.07 bits per heavy atom. The summed E-state index contributed by atoms with van der Waals surface area (Å²) in [5.41, 5.74) is 10.3. The van der Waals surface area contributed by atoms with Crippen LogP contribution in [-0.2, 0) is 0 Å². The monoisotopic (exact) mass is 213 g/mol. The van der Waals surface area contributed by atoms with E-state index in [1.807, 2.05) is 0 Å². The lowest BCUT2D eigenvalue weighted by Crippen LogP contribution is -2.23. The van der Waals surface area contributed by atoms with Crippen LogP contribution >= 0.6 is 12.2 Å². The van der Waals surface area contributed by atoms with Crippen LogP contribution in [0.25, 0.3) is 0 Å². The van der Waals surface area contributed by atoms with Crippen molar-refractivity contribution < 1.29 is 9.18 Å². The standard InChI is InChI=1S/C8H8FN3OS/c9-4-2-1-3-5(12-8(11)13)6(4)7(10)14/h1-3H,(H2,10,14)(H3,11,12,13). The molecule has 0 aliphatic rings. The van der Waals surface area contributed by atoms with Gasteiger partial charge in [0.05, 0.1) is 11.3 Å². The van der Waals surface area contributed by atoms with Crippen molar-refractivity contribution in [2.24, 2.45) is 11.5 Å². The third kappa shape index (κ3) is 2.17. The van der Waals surface area contributed by atoms with Crippen molar-refractivity contribution in [3.8, 4) is 0 Å². The van der Waals surface area contributed by atoms with Gasteiger partial charge in [-0.05, 0) is 12.1 Å². The summed E-state index contributed by atoms with van der Waals surface area (Å²) in [6, 6.07) is 3.28. The van der Waals surface area contributed by atoms with E-state index in [-0.39, 0.29) is 16.2 Å². The number of rotatable bonds is 2. The number of thiocarbonyl (C=S) groups is 1. The quantitative estimate of drug-likeness (QED) is 0.640. The summed E-state index contributed by atoms with van der Waals surface area (Å²) in [4.78, 5) is 10.4. The Bertz CT molecular complexity index is 394. The largest absolute Gasteiger partial charge is 0.389 e. The van der Waals surface area contributed by atoms with Crippen molar-refractivity contribution in [2.45, 2.75) is 0 Å². The average Bonchev–Trinajstić information content (AvgIpc) is 2.01. The number of carbonyl (C=O) groups is 1. The molecule has 74 valence electrons. The van der Waals surface area contributed by atoms with Crippen molar-refractivity contribution in [1.29, 1.82) is 0 Å². The average molecular weight is 213 g/mol. The first-order chi connectivity index (χ1) is 6.52. The van der Waals surface area contributed by atoms with E-state index >= 15 is 0 Å². The Kier molecular flexibility index (Phi) is 2.98. The molecule has 1 aromatic carbocycles. The van der Waals surface area contributed by atoms with Gasteiger partial charge in [-0.2, -0.15) is 0 Å². The highest BCUT2D eigenvalue weighted by atomic mass is 32.1. The Hall–Kier alpha value is -1.69. The van der Waals surface area contributed by atoms with E-state index < -0.39 is 11.8 Å². The number of carbonyl (C=O) groups excluding carboxylic acids is 1. The van der Waals surface area contributed by atoms with Crippen LogP contribution in [0, 0.1) is 5.82 Å². The smallest absolute Gasteiger partial charge is 0.316 e. The second kappa shape index (κ2) is 4.01. The first kappa shape index (κ1) is 10.4. The molecule has 0 bridgehead atoms. The fraction of sp³-hybridized carbons (Fsp3) is 0. The molecule has 0 fully saturated rings. The molecule has 1 rings (SSSR count). The molecular weight excluding hydrogens is 205 g/mol. The minimum absolute atomic E-state index is 0.0127. The number of amides is 2. The molecule has 0 radical (unpaired) electrons. The van der Waals surface area contributed by atoms with Crippen molar-refractivity contribution in [1.82, 2.24) is 0 Å². The molecule has 0 spiro atoms. The first-order valence-electron chi connectivity index (χ1n) is 3.67. The normalized spacial score (nSPS) is 9.50. The van der Waals surface area contributed by atoms with Crippen LogP contribution in [0.2, 0.25) is 0 Å². The zero-order chi connectivity index (χ0) is 10.7. The molecule has 1 aromatic rings. The highest BCUT2D eigenvalue weighted by Crippen LogP contribution is 2.18. The SMILES string of the molecule is NC(=O)Nc1cccc(F)c1C(N)=S. The summed E-state index contributed by atoms with van der Waals surface area (Å²) >= 11 is 4.64. The number of benzene rings is 1. The molecule has 0 atom stereocenters. The lowest BCUT2D eigenvalue weighted by Gasteiger charge is -2.08. The van der Waals surface area contributed by atoms with E-state index in [0.29, 0.717) is 0 Å². The highest BCUT2D eigenvalue weighted by Gasteiger charge is 2.11. The molecule has 0 aromatic heterocycles. The van der Waals surface area contributed by atoms with E-state index in [2.05, 4.69) is 17.5 Å². The summed E-state index contributed by atoms with van der Waals surface area (Å²) in [6.45, 7) is 0. The molecule has 14 heavy (non-hydrogen) atoms. The van der Waals surface area contributed by atoms with Crippen molar-refractivity contribution in [3.05, 3.63) is 29.6 Å². The molecule has 6 heteroatoms. The van der Waals surface area contributed by atoms with Crippen LogP contribution < -0.4 is 16.8 Å². The fourth-order valence-corrected chi connectivity index (χ4v) is 1.22. The van der Waals surface area contributed by atoms with Crippen LogP contribution in [0.5, 0.6) is 0 Å². The van der Waals surface area contributed by atoms with Crippen LogP contribution in [0.3, 0.4) is 0 Å². The maximum atomic E-state index is 13.2. The topological polar surface area (TPSA) is 81.1 Å². The molecule has 0 heterocycles. The van der Waals surface area contributed by atoms with Crippen LogP contribution in [-0.4, -0.2) is 11.0 Å². The maximum absolute atomic E-state index is 13.2. The summed E-state index contributed by atoms with van der Waals surface area (Å²) in [5.74, 6) is -0.594. The third-order valence-electron chi connectivity index (χ3n) is 1.52. The Balaban J connectivity index is 3.21. The zero-order valence-electron chi connectivity index (χ0n) is 7.08. The van der Waals surface area contributed by atoms with Gasteiger partial charge in [0.25, 0.3) is 0 Å². The second-order valence-corrected chi connectivity index (χ2v) is 2.96. The van der Waals surface area contributed by atoms with E-state index in [4.69, 9.17) is 11.5 Å². The number of hydrogen-bond donors (Lipinski definition) is 3. The van der Waals surface area contributed by atoms with Gasteiger partial charge in [-0.1, -0.05) is 18.3 Å². The molecule has 2 amide bonds. The van der Waals surface area contributed by atoms with Gasteiger partial charge in [0.1, 0.15) is 10.8 Å². The summed E-state index contributed by atoms with van der Waals surface area (Å²) in [6.07, 6.45) is 0. The van der Waals surface area contributed by atoms with Crippen LogP contribution in [0.15, 0.2) is 18.2 Å². The van der Waals surface area contributed by atoms with Crippen LogP contribution in [0.1, 0.15) is 5.56 Å². The van der Waals surface area contributed by atoms with Crippen molar-refractivity contribution in [3.63, 3.8) is 0 Å². The number of halogens is 1. The molecular formula is C8H8FN3OS. The summed E-state index contributed by atoms with van der Waals surface area (Å²) < 4.78 is 13.2. The predicted octanol–water partition coefficient (Wildman–Crippen LogP) is 0.951. The highest BCUT2D eigenvalue weighted by molar-refractivity contribution is 7.80. The second-order valence-electron chi connectivity index (χ2n) is 2.52. The molecule has 4 nitrogen and oxygen atoms in total. The molecule has 0 aliphatic heterocycles. The zero-order valence-corrected chi connectivity index (χ0v) is 7.90. The minimum atomic E-state index is -0.798. The lowest BCUT2D eigenvalue weighted by molar-refractivity contribution is 0.259. The van der Waals surface area contributed by atoms with Gasteiger partial charge < -0.3 is 16.8 Å². The molecule has 0 unspecified atom stereocenters. The van der Waals surface area contributed by atoms with Gasteiger partial charge in [0, 0.05) is 0 Å². The van der Waals surface area contributed by atoms with Crippen LogP contribution in [0.4, 0.5) is 14.9 Å². The number of anilines is 1. The molecule has 5 N–H and O–H groups in total. The van der Waals surface area contributed by atoms with Crippen molar-refractivity contribution >= 4 is 28.9 Å².